The lowest BCUT2D eigenvalue weighted by Gasteiger charge is -2.28. The first-order valence-electron chi connectivity index (χ1n) is 8.19. The van der Waals surface area contributed by atoms with Gasteiger partial charge in [-0.3, -0.25) is 4.79 Å². The third kappa shape index (κ3) is 6.32. The molecular weight excluding hydrogens is 268 g/mol. The first kappa shape index (κ1) is 18.4. The van der Waals surface area contributed by atoms with Gasteiger partial charge in [0.2, 0.25) is 0 Å². The minimum Gasteiger partial charge on any atom is -0.468 e. The monoisotopic (exact) mass is 300 g/mol. The van der Waals surface area contributed by atoms with Crippen molar-refractivity contribution in [3.05, 3.63) is 0 Å². The molecule has 5 nitrogen and oxygen atoms in total. The number of unbranched alkanes of at least 4 members (excludes halogenated alkanes) is 1. The van der Waals surface area contributed by atoms with E-state index in [2.05, 4.69) is 17.1 Å². The fourth-order valence-corrected chi connectivity index (χ4v) is 2.98. The van der Waals surface area contributed by atoms with Crippen LogP contribution in [0.1, 0.15) is 46.5 Å². The standard InChI is InChI=1S/C16H32N2O3/c1-5-17-16(3,15(19)20-4)9-6-7-10-18-11-8-12-21-14(2)13-18/h14,17H,5-13H2,1-4H3. The van der Waals surface area contributed by atoms with Crippen LogP contribution in [0.15, 0.2) is 0 Å². The Labute approximate surface area is 129 Å². The molecule has 124 valence electrons. The highest BCUT2D eigenvalue weighted by molar-refractivity contribution is 5.80. The molecule has 2 atom stereocenters. The van der Waals surface area contributed by atoms with E-state index in [1.54, 1.807) is 0 Å². The summed E-state index contributed by atoms with van der Waals surface area (Å²) in [6, 6.07) is 0. The Kier molecular flexibility index (Phi) is 8.22. The van der Waals surface area contributed by atoms with Gasteiger partial charge in [0, 0.05) is 19.7 Å². The van der Waals surface area contributed by atoms with Crippen LogP contribution in [0.4, 0.5) is 0 Å². The zero-order valence-corrected chi connectivity index (χ0v) is 14.1. The largest absolute Gasteiger partial charge is 0.468 e. The Morgan fingerprint density at radius 1 is 1.48 bits per heavy atom. The van der Waals surface area contributed by atoms with Crippen molar-refractivity contribution in [2.45, 2.75) is 58.1 Å². The molecule has 0 bridgehead atoms. The Balaban J connectivity index is 2.32. The molecule has 0 radical (unpaired) electrons. The van der Waals surface area contributed by atoms with E-state index < -0.39 is 5.54 Å². The molecule has 0 amide bonds. The van der Waals surface area contributed by atoms with Crippen molar-refractivity contribution in [1.29, 1.82) is 0 Å². The maximum atomic E-state index is 11.9. The molecule has 21 heavy (non-hydrogen) atoms. The molecule has 0 aromatic rings. The lowest BCUT2D eigenvalue weighted by atomic mass is 9.94. The van der Waals surface area contributed by atoms with Crippen molar-refractivity contribution in [3.8, 4) is 0 Å². The summed E-state index contributed by atoms with van der Waals surface area (Å²) in [5.74, 6) is -0.166. The van der Waals surface area contributed by atoms with Crippen molar-refractivity contribution in [2.24, 2.45) is 0 Å². The maximum absolute atomic E-state index is 11.9. The van der Waals surface area contributed by atoms with Crippen LogP contribution in [0.2, 0.25) is 0 Å². The van der Waals surface area contributed by atoms with Gasteiger partial charge in [-0.2, -0.15) is 0 Å². The zero-order chi connectivity index (χ0) is 15.7. The SMILES string of the molecule is CCNC(C)(CCCCN1CCCOC(C)C1)C(=O)OC. The van der Waals surface area contributed by atoms with E-state index in [1.165, 1.54) is 7.11 Å². The van der Waals surface area contributed by atoms with Crippen LogP contribution in [0.5, 0.6) is 0 Å². The molecule has 1 saturated heterocycles. The van der Waals surface area contributed by atoms with Crippen molar-refractivity contribution in [3.63, 3.8) is 0 Å². The number of carbonyl (C=O) groups excluding carboxylic acids is 1. The molecule has 0 aromatic heterocycles. The molecule has 0 spiro atoms. The maximum Gasteiger partial charge on any atom is 0.325 e. The van der Waals surface area contributed by atoms with Crippen LogP contribution in [0, 0.1) is 0 Å². The molecular formula is C16H32N2O3. The van der Waals surface area contributed by atoms with Crippen LogP contribution < -0.4 is 5.32 Å². The quantitative estimate of drug-likeness (QED) is 0.547. The summed E-state index contributed by atoms with van der Waals surface area (Å²) >= 11 is 0. The van der Waals surface area contributed by atoms with Crippen LogP contribution in [-0.4, -0.2) is 62.4 Å². The molecule has 0 aromatic carbocycles. The number of hydrogen-bond acceptors (Lipinski definition) is 5. The molecule has 1 aliphatic rings. The summed E-state index contributed by atoms with van der Waals surface area (Å²) in [6.07, 6.45) is 4.37. The number of rotatable bonds is 8. The van der Waals surface area contributed by atoms with E-state index >= 15 is 0 Å². The first-order valence-corrected chi connectivity index (χ1v) is 8.19. The third-order valence-electron chi connectivity index (χ3n) is 4.14. The smallest absolute Gasteiger partial charge is 0.325 e. The van der Waals surface area contributed by atoms with Gasteiger partial charge in [-0.05, 0) is 52.6 Å². The topological polar surface area (TPSA) is 50.8 Å². The van der Waals surface area contributed by atoms with Gasteiger partial charge in [-0.1, -0.05) is 6.92 Å². The van der Waals surface area contributed by atoms with Gasteiger partial charge in [-0.15, -0.1) is 0 Å². The number of likely N-dealkylation sites (N-methyl/N-ethyl adjacent to an activating group) is 1. The first-order chi connectivity index (χ1) is 10.0. The van der Waals surface area contributed by atoms with Gasteiger partial charge in [0.1, 0.15) is 5.54 Å². The minimum absolute atomic E-state index is 0.166. The molecule has 1 N–H and O–H groups in total. The van der Waals surface area contributed by atoms with Gasteiger partial charge in [0.25, 0.3) is 0 Å². The molecule has 1 heterocycles. The van der Waals surface area contributed by atoms with Gasteiger partial charge < -0.3 is 19.7 Å². The minimum atomic E-state index is -0.557. The van der Waals surface area contributed by atoms with Crippen molar-refractivity contribution in [2.75, 3.05) is 39.9 Å². The molecule has 2 unspecified atom stereocenters. The van der Waals surface area contributed by atoms with E-state index in [0.29, 0.717) is 6.10 Å². The average molecular weight is 300 g/mol. The molecule has 0 saturated carbocycles. The number of nitrogens with zero attached hydrogens (tertiary/aromatic N) is 1. The number of nitrogens with one attached hydrogen (secondary N) is 1. The number of hydrogen-bond donors (Lipinski definition) is 1. The molecule has 5 heteroatoms. The molecule has 1 rings (SSSR count). The fourth-order valence-electron chi connectivity index (χ4n) is 2.98. The normalized spacial score (nSPS) is 23.3. The van der Waals surface area contributed by atoms with E-state index in [9.17, 15) is 4.79 Å². The van der Waals surface area contributed by atoms with E-state index in [0.717, 1.165) is 58.5 Å². The summed E-state index contributed by atoms with van der Waals surface area (Å²) in [7, 11) is 1.45. The van der Waals surface area contributed by atoms with E-state index in [1.807, 2.05) is 13.8 Å². The zero-order valence-electron chi connectivity index (χ0n) is 14.1. The highest BCUT2D eigenvalue weighted by Crippen LogP contribution is 2.16. The fraction of sp³-hybridized carbons (Fsp3) is 0.938. The van der Waals surface area contributed by atoms with Crippen LogP contribution in [-0.2, 0) is 14.3 Å². The summed E-state index contributed by atoms with van der Waals surface area (Å²) in [5, 5.41) is 3.26. The van der Waals surface area contributed by atoms with Crippen molar-refractivity contribution >= 4 is 5.97 Å². The Morgan fingerprint density at radius 2 is 2.24 bits per heavy atom. The van der Waals surface area contributed by atoms with Crippen molar-refractivity contribution in [1.82, 2.24) is 10.2 Å². The summed E-state index contributed by atoms with van der Waals surface area (Å²) in [6.45, 7) is 10.9. The number of ether oxygens (including phenoxy) is 2. The van der Waals surface area contributed by atoms with Crippen LogP contribution in [0.3, 0.4) is 0 Å². The Bertz CT molecular complexity index is 312. The van der Waals surface area contributed by atoms with Crippen molar-refractivity contribution < 1.29 is 14.3 Å². The summed E-state index contributed by atoms with van der Waals surface area (Å²) in [4.78, 5) is 14.4. The second-order valence-corrected chi connectivity index (χ2v) is 6.15. The highest BCUT2D eigenvalue weighted by Gasteiger charge is 2.32. The van der Waals surface area contributed by atoms with Gasteiger partial charge in [0.05, 0.1) is 13.2 Å². The molecule has 1 aliphatic heterocycles. The molecule has 1 fully saturated rings. The lowest BCUT2D eigenvalue weighted by molar-refractivity contribution is -0.148. The predicted molar refractivity (Wildman–Crippen MR) is 84.4 cm³/mol. The Morgan fingerprint density at radius 3 is 2.90 bits per heavy atom. The van der Waals surface area contributed by atoms with Gasteiger partial charge >= 0.3 is 5.97 Å². The van der Waals surface area contributed by atoms with Crippen LogP contribution in [0.25, 0.3) is 0 Å². The summed E-state index contributed by atoms with van der Waals surface area (Å²) < 4.78 is 10.6. The predicted octanol–water partition coefficient (Wildman–Crippen LogP) is 1.81. The van der Waals surface area contributed by atoms with E-state index in [4.69, 9.17) is 9.47 Å². The lowest BCUT2D eigenvalue weighted by Crippen LogP contribution is -2.50. The number of esters is 1. The third-order valence-corrected chi connectivity index (χ3v) is 4.14. The second-order valence-electron chi connectivity index (χ2n) is 6.15. The second kappa shape index (κ2) is 9.38. The highest BCUT2D eigenvalue weighted by atomic mass is 16.5. The van der Waals surface area contributed by atoms with Crippen LogP contribution >= 0.6 is 0 Å². The molecule has 0 aliphatic carbocycles. The Hall–Kier alpha value is -0.650. The number of methoxy groups -OCH3 is 1. The van der Waals surface area contributed by atoms with Gasteiger partial charge in [0.15, 0.2) is 0 Å². The van der Waals surface area contributed by atoms with Gasteiger partial charge in [-0.25, -0.2) is 0 Å². The number of carbonyl (C=O) groups is 1. The summed E-state index contributed by atoms with van der Waals surface area (Å²) in [5.41, 5.74) is -0.557. The van der Waals surface area contributed by atoms with E-state index in [-0.39, 0.29) is 5.97 Å². The average Bonchev–Trinajstić information content (AvgIpc) is 2.67.